The molecule has 2 unspecified atom stereocenters. The van der Waals surface area contributed by atoms with Gasteiger partial charge in [-0.2, -0.15) is 0 Å². The van der Waals surface area contributed by atoms with E-state index in [9.17, 15) is 8.78 Å². The second-order valence-corrected chi connectivity index (χ2v) is 4.97. The van der Waals surface area contributed by atoms with E-state index in [4.69, 9.17) is 0 Å². The van der Waals surface area contributed by atoms with Crippen molar-refractivity contribution in [2.75, 3.05) is 6.54 Å². The number of hydrogen-bond acceptors (Lipinski definition) is 1. The maximum atomic E-state index is 13.6. The normalized spacial score (nSPS) is 15.0. The van der Waals surface area contributed by atoms with Gasteiger partial charge in [-0.05, 0) is 30.0 Å². The molecule has 0 saturated heterocycles. The third-order valence-electron chi connectivity index (χ3n) is 3.17. The quantitative estimate of drug-likeness (QED) is 0.828. The van der Waals surface area contributed by atoms with Gasteiger partial charge in [0, 0.05) is 6.04 Å². The second kappa shape index (κ2) is 6.10. The van der Waals surface area contributed by atoms with Crippen molar-refractivity contribution < 1.29 is 8.78 Å². The SMILES string of the molecule is CC(C)NCC(C)C(C)c1cccc(F)c1F. The van der Waals surface area contributed by atoms with Crippen molar-refractivity contribution in [1.82, 2.24) is 5.32 Å². The highest BCUT2D eigenvalue weighted by Gasteiger charge is 2.19. The first-order valence-electron chi connectivity index (χ1n) is 6.10. The van der Waals surface area contributed by atoms with Crippen LogP contribution in [0, 0.1) is 17.6 Å². The molecule has 0 amide bonds. The minimum absolute atomic E-state index is 0.00282. The lowest BCUT2D eigenvalue weighted by molar-refractivity contribution is 0.408. The summed E-state index contributed by atoms with van der Waals surface area (Å²) in [6, 6.07) is 4.78. The number of halogens is 2. The van der Waals surface area contributed by atoms with Crippen LogP contribution >= 0.6 is 0 Å². The summed E-state index contributed by atoms with van der Waals surface area (Å²) in [4.78, 5) is 0. The van der Waals surface area contributed by atoms with Crippen molar-refractivity contribution in [2.24, 2.45) is 5.92 Å². The summed E-state index contributed by atoms with van der Waals surface area (Å²) < 4.78 is 26.7. The Bertz CT molecular complexity index is 363. The Morgan fingerprint density at radius 2 is 1.76 bits per heavy atom. The lowest BCUT2D eigenvalue weighted by atomic mass is 9.88. The van der Waals surface area contributed by atoms with Crippen LogP contribution in [0.5, 0.6) is 0 Å². The molecule has 0 aliphatic rings. The molecule has 0 aliphatic carbocycles. The van der Waals surface area contributed by atoms with Crippen molar-refractivity contribution >= 4 is 0 Å². The summed E-state index contributed by atoms with van der Waals surface area (Å²) in [5.74, 6) is -1.22. The molecule has 0 aromatic heterocycles. The van der Waals surface area contributed by atoms with E-state index in [1.54, 1.807) is 12.1 Å². The van der Waals surface area contributed by atoms with Gasteiger partial charge in [0.1, 0.15) is 0 Å². The van der Waals surface area contributed by atoms with E-state index in [2.05, 4.69) is 19.2 Å². The van der Waals surface area contributed by atoms with E-state index in [1.807, 2.05) is 13.8 Å². The predicted molar refractivity (Wildman–Crippen MR) is 67.1 cm³/mol. The molecular formula is C14H21F2N. The highest BCUT2D eigenvalue weighted by molar-refractivity contribution is 5.23. The molecule has 1 aromatic rings. The Kier molecular flexibility index (Phi) is 5.06. The Labute approximate surface area is 102 Å². The minimum atomic E-state index is -0.765. The highest BCUT2D eigenvalue weighted by Crippen LogP contribution is 2.27. The summed E-state index contributed by atoms with van der Waals surface area (Å²) in [7, 11) is 0. The van der Waals surface area contributed by atoms with Gasteiger partial charge in [0.05, 0.1) is 0 Å². The Hall–Kier alpha value is -0.960. The van der Waals surface area contributed by atoms with Crippen LogP contribution in [0.4, 0.5) is 8.78 Å². The van der Waals surface area contributed by atoms with Gasteiger partial charge in [0.15, 0.2) is 11.6 Å². The third kappa shape index (κ3) is 3.77. The fourth-order valence-corrected chi connectivity index (χ4v) is 1.78. The molecule has 0 heterocycles. The molecule has 1 rings (SSSR count). The summed E-state index contributed by atoms with van der Waals surface area (Å²) in [5.41, 5.74) is 0.461. The highest BCUT2D eigenvalue weighted by atomic mass is 19.2. The smallest absolute Gasteiger partial charge is 0.162 e. The van der Waals surface area contributed by atoms with Crippen molar-refractivity contribution in [2.45, 2.75) is 39.7 Å². The maximum absolute atomic E-state index is 13.6. The van der Waals surface area contributed by atoms with Crippen LogP contribution in [-0.4, -0.2) is 12.6 Å². The van der Waals surface area contributed by atoms with Crippen molar-refractivity contribution in [3.8, 4) is 0 Å². The Morgan fingerprint density at radius 3 is 2.35 bits per heavy atom. The Balaban J connectivity index is 2.74. The zero-order valence-corrected chi connectivity index (χ0v) is 10.9. The number of nitrogens with one attached hydrogen (secondary N) is 1. The minimum Gasteiger partial charge on any atom is -0.314 e. The molecule has 3 heteroatoms. The van der Waals surface area contributed by atoms with Gasteiger partial charge >= 0.3 is 0 Å². The van der Waals surface area contributed by atoms with Gasteiger partial charge in [-0.25, -0.2) is 8.78 Å². The first-order chi connectivity index (χ1) is 7.93. The fourth-order valence-electron chi connectivity index (χ4n) is 1.78. The summed E-state index contributed by atoms with van der Waals surface area (Å²) in [6.07, 6.45) is 0. The van der Waals surface area contributed by atoms with E-state index < -0.39 is 11.6 Å². The van der Waals surface area contributed by atoms with Crippen LogP contribution < -0.4 is 5.32 Å². The van der Waals surface area contributed by atoms with E-state index in [0.717, 1.165) is 12.6 Å². The molecule has 1 N–H and O–H groups in total. The van der Waals surface area contributed by atoms with Crippen LogP contribution in [0.15, 0.2) is 18.2 Å². The van der Waals surface area contributed by atoms with Crippen molar-refractivity contribution in [3.63, 3.8) is 0 Å². The second-order valence-electron chi connectivity index (χ2n) is 4.97. The molecular weight excluding hydrogens is 220 g/mol. The Morgan fingerprint density at radius 1 is 1.12 bits per heavy atom. The topological polar surface area (TPSA) is 12.0 Å². The zero-order chi connectivity index (χ0) is 13.0. The summed E-state index contributed by atoms with van der Waals surface area (Å²) in [6.45, 7) is 8.92. The van der Waals surface area contributed by atoms with Crippen LogP contribution in [0.1, 0.15) is 39.2 Å². The molecule has 1 aromatic carbocycles. The molecule has 2 atom stereocenters. The monoisotopic (exact) mass is 241 g/mol. The van der Waals surface area contributed by atoms with E-state index in [1.165, 1.54) is 0 Å². The average Bonchev–Trinajstić information content (AvgIpc) is 2.28. The standard InChI is InChI=1S/C14H21F2N/c1-9(2)17-8-10(3)11(4)12-6-5-7-13(15)14(12)16/h5-7,9-11,17H,8H2,1-4H3. The largest absolute Gasteiger partial charge is 0.314 e. The summed E-state index contributed by atoms with van der Waals surface area (Å²) in [5, 5.41) is 3.31. The van der Waals surface area contributed by atoms with Gasteiger partial charge in [-0.3, -0.25) is 0 Å². The number of benzene rings is 1. The molecule has 0 aliphatic heterocycles. The molecule has 0 bridgehead atoms. The first-order valence-corrected chi connectivity index (χ1v) is 6.10. The average molecular weight is 241 g/mol. The van der Waals surface area contributed by atoms with E-state index in [0.29, 0.717) is 11.6 Å². The predicted octanol–water partition coefficient (Wildman–Crippen LogP) is 3.70. The van der Waals surface area contributed by atoms with Crippen LogP contribution in [0.2, 0.25) is 0 Å². The first kappa shape index (κ1) is 14.1. The molecule has 0 radical (unpaired) electrons. The molecule has 17 heavy (non-hydrogen) atoms. The number of rotatable bonds is 5. The number of hydrogen-bond donors (Lipinski definition) is 1. The van der Waals surface area contributed by atoms with Gasteiger partial charge in [-0.15, -0.1) is 0 Å². The molecule has 1 nitrogen and oxygen atoms in total. The summed E-state index contributed by atoms with van der Waals surface area (Å²) >= 11 is 0. The van der Waals surface area contributed by atoms with Gasteiger partial charge in [0.25, 0.3) is 0 Å². The van der Waals surface area contributed by atoms with Crippen molar-refractivity contribution in [1.29, 1.82) is 0 Å². The molecule has 0 saturated carbocycles. The zero-order valence-electron chi connectivity index (χ0n) is 10.9. The molecule has 0 spiro atoms. The fraction of sp³-hybridized carbons (Fsp3) is 0.571. The van der Waals surface area contributed by atoms with E-state index >= 15 is 0 Å². The maximum Gasteiger partial charge on any atom is 0.162 e. The third-order valence-corrected chi connectivity index (χ3v) is 3.17. The van der Waals surface area contributed by atoms with Gasteiger partial charge in [0.2, 0.25) is 0 Å². The van der Waals surface area contributed by atoms with E-state index in [-0.39, 0.29) is 11.8 Å². The van der Waals surface area contributed by atoms with Crippen molar-refractivity contribution in [3.05, 3.63) is 35.4 Å². The van der Waals surface area contributed by atoms with Gasteiger partial charge in [-0.1, -0.05) is 39.8 Å². The van der Waals surface area contributed by atoms with Crippen LogP contribution in [0.3, 0.4) is 0 Å². The van der Waals surface area contributed by atoms with Crippen LogP contribution in [0.25, 0.3) is 0 Å². The lowest BCUT2D eigenvalue weighted by Crippen LogP contribution is -2.30. The molecule has 0 fully saturated rings. The molecule has 96 valence electrons. The van der Waals surface area contributed by atoms with Gasteiger partial charge < -0.3 is 5.32 Å². The lowest BCUT2D eigenvalue weighted by Gasteiger charge is -2.22. The van der Waals surface area contributed by atoms with Crippen LogP contribution in [-0.2, 0) is 0 Å².